The number of aliphatic carboxylic acids is 1. The highest BCUT2D eigenvalue weighted by Crippen LogP contribution is 2.37. The number of alkyl halides is 3. The molecule has 0 aromatic carbocycles. The van der Waals surface area contributed by atoms with Gasteiger partial charge in [-0.15, -0.1) is 0 Å². The first-order valence-corrected chi connectivity index (χ1v) is 10.4. The van der Waals surface area contributed by atoms with E-state index in [2.05, 4.69) is 4.98 Å². The second-order valence-electron chi connectivity index (χ2n) is 8.45. The van der Waals surface area contributed by atoms with E-state index in [0.717, 1.165) is 43.9 Å². The fourth-order valence-corrected chi connectivity index (χ4v) is 3.84. The van der Waals surface area contributed by atoms with Gasteiger partial charge in [0.2, 0.25) is 0 Å². The number of nitrogens with zero attached hydrogens (tertiary/aromatic N) is 2. The zero-order chi connectivity index (χ0) is 22.6. The Kier molecular flexibility index (Phi) is 7.20. The minimum atomic E-state index is -5.08. The van der Waals surface area contributed by atoms with E-state index in [0.29, 0.717) is 18.8 Å². The van der Waals surface area contributed by atoms with Gasteiger partial charge in [0.25, 0.3) is 5.91 Å². The Balaban J connectivity index is 0.000000339. The maximum Gasteiger partial charge on any atom is 0.490 e. The molecule has 0 bridgehead atoms. The zero-order valence-electron chi connectivity index (χ0n) is 17.4. The fourth-order valence-electron chi connectivity index (χ4n) is 3.84. The van der Waals surface area contributed by atoms with Gasteiger partial charge < -0.3 is 19.5 Å². The van der Waals surface area contributed by atoms with E-state index in [-0.39, 0.29) is 17.6 Å². The molecule has 2 atom stereocenters. The summed E-state index contributed by atoms with van der Waals surface area (Å²) in [7, 11) is 0. The number of hydrogen-bond acceptors (Lipinski definition) is 5. The van der Waals surface area contributed by atoms with E-state index >= 15 is 0 Å². The molecule has 3 heterocycles. The monoisotopic (exact) mass is 444 g/mol. The number of carbonyl (C=O) groups excluding carboxylic acids is 1. The summed E-state index contributed by atoms with van der Waals surface area (Å²) in [5, 5.41) is 7.12. The Labute approximate surface area is 178 Å². The van der Waals surface area contributed by atoms with Crippen LogP contribution in [0, 0.1) is 12.8 Å². The van der Waals surface area contributed by atoms with Gasteiger partial charge in [-0.3, -0.25) is 9.78 Å². The molecule has 4 rings (SSSR count). The molecule has 1 aliphatic carbocycles. The van der Waals surface area contributed by atoms with Crippen LogP contribution in [0.2, 0.25) is 0 Å². The molecule has 3 fully saturated rings. The molecule has 0 radical (unpaired) electrons. The number of aryl methyl sites for hydroxylation is 1. The Morgan fingerprint density at radius 3 is 2.71 bits per heavy atom. The quantitative estimate of drug-likeness (QED) is 0.767. The molecule has 0 unspecified atom stereocenters. The molecular weight excluding hydrogens is 417 g/mol. The van der Waals surface area contributed by atoms with Crippen LogP contribution in [0.5, 0.6) is 0 Å². The van der Waals surface area contributed by atoms with Crippen molar-refractivity contribution in [2.24, 2.45) is 5.92 Å². The number of ether oxygens (including phenoxy) is 2. The normalized spacial score (nSPS) is 25.8. The second-order valence-corrected chi connectivity index (χ2v) is 8.45. The number of pyridine rings is 1. The molecule has 2 saturated heterocycles. The van der Waals surface area contributed by atoms with Crippen molar-refractivity contribution in [2.75, 3.05) is 26.3 Å². The van der Waals surface area contributed by atoms with E-state index in [4.69, 9.17) is 19.4 Å². The van der Waals surface area contributed by atoms with Crippen molar-refractivity contribution in [1.82, 2.24) is 9.88 Å². The highest BCUT2D eigenvalue weighted by atomic mass is 19.4. The minimum Gasteiger partial charge on any atom is -0.475 e. The van der Waals surface area contributed by atoms with Gasteiger partial charge in [0.15, 0.2) is 0 Å². The average Bonchev–Trinajstić information content (AvgIpc) is 3.47. The molecule has 172 valence electrons. The molecule has 10 heteroatoms. The van der Waals surface area contributed by atoms with Gasteiger partial charge in [0.1, 0.15) is 5.69 Å². The summed E-state index contributed by atoms with van der Waals surface area (Å²) in [5.74, 6) is -1.96. The molecule has 1 amide bonds. The summed E-state index contributed by atoms with van der Waals surface area (Å²) < 4.78 is 43.9. The fraction of sp³-hybridized carbons (Fsp3) is 0.667. The van der Waals surface area contributed by atoms with Gasteiger partial charge in [-0.05, 0) is 56.2 Å². The molecule has 1 spiro atoms. The van der Waals surface area contributed by atoms with E-state index in [1.165, 1.54) is 12.8 Å². The van der Waals surface area contributed by atoms with Crippen LogP contribution < -0.4 is 0 Å². The van der Waals surface area contributed by atoms with Crippen molar-refractivity contribution >= 4 is 11.9 Å². The number of hydrogen-bond donors (Lipinski definition) is 1. The van der Waals surface area contributed by atoms with Gasteiger partial charge in [0.05, 0.1) is 24.9 Å². The first-order valence-electron chi connectivity index (χ1n) is 10.4. The highest BCUT2D eigenvalue weighted by Gasteiger charge is 2.45. The van der Waals surface area contributed by atoms with Crippen LogP contribution in [0.15, 0.2) is 18.3 Å². The predicted molar refractivity (Wildman–Crippen MR) is 104 cm³/mol. The van der Waals surface area contributed by atoms with Crippen molar-refractivity contribution in [3.05, 3.63) is 29.6 Å². The summed E-state index contributed by atoms with van der Waals surface area (Å²) >= 11 is 0. The molecule has 2 aliphatic heterocycles. The van der Waals surface area contributed by atoms with Gasteiger partial charge in [-0.25, -0.2) is 4.79 Å². The summed E-state index contributed by atoms with van der Waals surface area (Å²) in [6.45, 7) is 4.97. The van der Waals surface area contributed by atoms with E-state index in [9.17, 15) is 18.0 Å². The number of amides is 1. The number of carboxylic acids is 1. The van der Waals surface area contributed by atoms with Crippen molar-refractivity contribution < 1.29 is 37.3 Å². The zero-order valence-corrected chi connectivity index (χ0v) is 17.4. The van der Waals surface area contributed by atoms with E-state index < -0.39 is 12.1 Å². The minimum absolute atomic E-state index is 0.0173. The van der Waals surface area contributed by atoms with E-state index in [1.54, 1.807) is 6.20 Å². The maximum absolute atomic E-state index is 12.8. The summed E-state index contributed by atoms with van der Waals surface area (Å²) in [6.07, 6.45) is 2.34. The third-order valence-electron chi connectivity index (χ3n) is 5.64. The van der Waals surface area contributed by atoms with E-state index in [1.807, 2.05) is 24.0 Å². The summed E-state index contributed by atoms with van der Waals surface area (Å²) in [4.78, 5) is 27.8. The average molecular weight is 444 g/mol. The molecule has 1 aromatic heterocycles. The third kappa shape index (κ3) is 6.64. The van der Waals surface area contributed by atoms with Crippen molar-refractivity contribution in [3.63, 3.8) is 0 Å². The van der Waals surface area contributed by atoms with Gasteiger partial charge in [-0.2, -0.15) is 13.2 Å². The summed E-state index contributed by atoms with van der Waals surface area (Å²) in [5.41, 5.74) is 1.38. The highest BCUT2D eigenvalue weighted by molar-refractivity contribution is 5.92. The molecule has 3 aliphatic rings. The van der Waals surface area contributed by atoms with Crippen molar-refractivity contribution in [1.29, 1.82) is 0 Å². The molecule has 1 saturated carbocycles. The SMILES string of the molecule is Cc1ccnc(C(=O)N2CCC[C@]3(C[C@@H](OCC4CC4)CO3)C2)c1.O=C(O)C(F)(F)F. The van der Waals surface area contributed by atoms with Gasteiger partial charge in [-0.1, -0.05) is 0 Å². The van der Waals surface area contributed by atoms with Gasteiger partial charge >= 0.3 is 12.1 Å². The smallest absolute Gasteiger partial charge is 0.475 e. The first kappa shape index (κ1) is 23.5. The second kappa shape index (κ2) is 9.52. The van der Waals surface area contributed by atoms with Crippen molar-refractivity contribution in [2.45, 2.75) is 56.9 Å². The Bertz CT molecular complexity index is 799. The lowest BCUT2D eigenvalue weighted by Crippen LogP contribution is -2.50. The number of carbonyl (C=O) groups is 2. The first-order chi connectivity index (χ1) is 14.6. The molecule has 1 N–H and O–H groups in total. The number of aromatic nitrogens is 1. The maximum atomic E-state index is 12.8. The van der Waals surface area contributed by atoms with Crippen LogP contribution >= 0.6 is 0 Å². The van der Waals surface area contributed by atoms with Gasteiger partial charge in [0, 0.05) is 25.8 Å². The standard InChI is InChI=1S/C19H26N2O3.C2HF3O2/c1-14-5-7-20-17(9-14)18(22)21-8-2-6-19(13-21)10-16(12-24-19)23-11-15-3-4-15;3-2(4,5)1(6)7/h5,7,9,15-16H,2-4,6,8,10-13H2,1H3;(H,6,7)/t16-,19+;/m1./s1. The largest absolute Gasteiger partial charge is 0.490 e. The molecule has 1 aromatic rings. The lowest BCUT2D eigenvalue weighted by atomic mass is 9.89. The lowest BCUT2D eigenvalue weighted by Gasteiger charge is -2.39. The van der Waals surface area contributed by atoms with Crippen molar-refractivity contribution in [3.8, 4) is 0 Å². The Morgan fingerprint density at radius 2 is 2.10 bits per heavy atom. The number of rotatable bonds is 4. The Hall–Kier alpha value is -2.20. The number of likely N-dealkylation sites (tertiary alicyclic amines) is 1. The molecular formula is C21H27F3N2O5. The van der Waals surface area contributed by atoms with Crippen LogP contribution in [0.4, 0.5) is 13.2 Å². The topological polar surface area (TPSA) is 89.0 Å². The van der Waals surface area contributed by atoms with Crippen LogP contribution in [0.3, 0.4) is 0 Å². The van der Waals surface area contributed by atoms with Crippen LogP contribution in [-0.4, -0.2) is 71.1 Å². The third-order valence-corrected chi connectivity index (χ3v) is 5.64. The lowest BCUT2D eigenvalue weighted by molar-refractivity contribution is -0.192. The number of halogens is 3. The molecule has 7 nitrogen and oxygen atoms in total. The molecule has 31 heavy (non-hydrogen) atoms. The predicted octanol–water partition coefficient (Wildman–Crippen LogP) is 3.21. The van der Waals surface area contributed by atoms with Crippen LogP contribution in [0.25, 0.3) is 0 Å². The summed E-state index contributed by atoms with van der Waals surface area (Å²) in [6, 6.07) is 3.77. The van der Waals surface area contributed by atoms with Crippen LogP contribution in [0.1, 0.15) is 48.2 Å². The Morgan fingerprint density at radius 1 is 1.39 bits per heavy atom. The number of carboxylic acid groups (broad SMARTS) is 1. The van der Waals surface area contributed by atoms with Crippen LogP contribution in [-0.2, 0) is 14.3 Å². The number of piperidine rings is 1.